The molecule has 0 bridgehead atoms. The van der Waals surface area contributed by atoms with Gasteiger partial charge in [-0.15, -0.1) is 11.3 Å². The lowest BCUT2D eigenvalue weighted by Crippen LogP contribution is -2.31. The van der Waals surface area contributed by atoms with Crippen LogP contribution in [0.3, 0.4) is 0 Å². The van der Waals surface area contributed by atoms with E-state index < -0.39 is 0 Å². The smallest absolute Gasteiger partial charge is 0.265 e. The molecule has 0 spiro atoms. The van der Waals surface area contributed by atoms with Gasteiger partial charge in [-0.1, -0.05) is 11.6 Å². The first-order valence-electron chi connectivity index (χ1n) is 6.36. The van der Waals surface area contributed by atoms with Crippen molar-refractivity contribution in [1.29, 1.82) is 0 Å². The van der Waals surface area contributed by atoms with Gasteiger partial charge in [0.25, 0.3) is 5.91 Å². The highest BCUT2D eigenvalue weighted by Gasteiger charge is 2.21. The molecule has 0 unspecified atom stereocenters. The molecule has 0 radical (unpaired) electrons. The predicted octanol–water partition coefficient (Wildman–Crippen LogP) is 3.54. The highest BCUT2D eigenvalue weighted by molar-refractivity contribution is 7.21. The van der Waals surface area contributed by atoms with Crippen molar-refractivity contribution < 1.29 is 14.3 Å². The number of nitrogens with zero attached hydrogens (tertiary/aromatic N) is 1. The van der Waals surface area contributed by atoms with E-state index in [0.29, 0.717) is 39.5 Å². The van der Waals surface area contributed by atoms with Crippen molar-refractivity contribution in [3.05, 3.63) is 33.9 Å². The molecular weight excluding hydrogens is 301 g/mol. The predicted molar refractivity (Wildman–Crippen MR) is 80.1 cm³/mol. The molecule has 0 saturated carbocycles. The molecule has 1 amide bonds. The van der Waals surface area contributed by atoms with Crippen molar-refractivity contribution in [2.24, 2.45) is 0 Å². The number of amides is 1. The summed E-state index contributed by atoms with van der Waals surface area (Å²) in [7, 11) is 0. The number of thiophene rings is 1. The Bertz CT molecular complexity index is 629. The topological polar surface area (TPSA) is 40.5 Å². The Hall–Kier alpha value is -1.17. The molecule has 0 aliphatic carbocycles. The van der Waals surface area contributed by atoms with Crippen molar-refractivity contribution in [2.45, 2.75) is 13.3 Å². The normalized spacial score (nSPS) is 11.0. The van der Waals surface area contributed by atoms with E-state index in [9.17, 15) is 9.18 Å². The number of hydrogen-bond acceptors (Lipinski definition) is 3. The van der Waals surface area contributed by atoms with Crippen LogP contribution >= 0.6 is 22.9 Å². The minimum Gasteiger partial charge on any atom is -0.396 e. The Morgan fingerprint density at radius 2 is 2.25 bits per heavy atom. The molecule has 3 nitrogen and oxygen atoms in total. The lowest BCUT2D eigenvalue weighted by atomic mass is 10.2. The number of hydrogen-bond donors (Lipinski definition) is 1. The van der Waals surface area contributed by atoms with Crippen molar-refractivity contribution in [1.82, 2.24) is 4.90 Å². The first-order valence-corrected chi connectivity index (χ1v) is 7.55. The second-order valence-corrected chi connectivity index (χ2v) is 5.78. The number of aliphatic hydroxyl groups excluding tert-OH is 1. The standard InChI is InChI=1S/C14H15ClFNO2S/c1-2-17(6-3-7-18)14(19)13-12(15)10-5-4-9(16)8-11(10)20-13/h4-5,8,18H,2-3,6-7H2,1H3. The van der Waals surface area contributed by atoms with Gasteiger partial charge in [0.05, 0.1) is 5.02 Å². The summed E-state index contributed by atoms with van der Waals surface area (Å²) in [4.78, 5) is 14.5. The molecule has 1 N–H and O–H groups in total. The zero-order valence-corrected chi connectivity index (χ0v) is 12.6. The molecule has 2 aromatic rings. The van der Waals surface area contributed by atoms with Gasteiger partial charge in [0.2, 0.25) is 0 Å². The minimum atomic E-state index is -0.345. The van der Waals surface area contributed by atoms with Crippen LogP contribution in [0.2, 0.25) is 5.02 Å². The highest BCUT2D eigenvalue weighted by Crippen LogP contribution is 2.36. The highest BCUT2D eigenvalue weighted by atomic mass is 35.5. The van der Waals surface area contributed by atoms with E-state index in [-0.39, 0.29) is 18.3 Å². The zero-order chi connectivity index (χ0) is 14.7. The fourth-order valence-electron chi connectivity index (χ4n) is 1.99. The van der Waals surface area contributed by atoms with E-state index in [2.05, 4.69) is 0 Å². The molecule has 6 heteroatoms. The number of carbonyl (C=O) groups is 1. The van der Waals surface area contributed by atoms with Gasteiger partial charge in [-0.05, 0) is 31.5 Å². The molecular formula is C14H15ClFNO2S. The quantitative estimate of drug-likeness (QED) is 0.917. The van der Waals surface area contributed by atoms with Gasteiger partial charge in [0.1, 0.15) is 10.7 Å². The lowest BCUT2D eigenvalue weighted by molar-refractivity contribution is 0.0759. The molecule has 0 aliphatic rings. The third-order valence-corrected chi connectivity index (χ3v) is 4.69. The molecule has 0 aliphatic heterocycles. The molecule has 1 heterocycles. The van der Waals surface area contributed by atoms with E-state index in [1.165, 1.54) is 23.5 Å². The molecule has 108 valence electrons. The van der Waals surface area contributed by atoms with Gasteiger partial charge in [-0.25, -0.2) is 4.39 Å². The van der Waals surface area contributed by atoms with Crippen LogP contribution < -0.4 is 0 Å². The Morgan fingerprint density at radius 1 is 1.50 bits per heavy atom. The first-order chi connectivity index (χ1) is 9.58. The molecule has 0 atom stereocenters. The molecule has 20 heavy (non-hydrogen) atoms. The maximum absolute atomic E-state index is 13.2. The Balaban J connectivity index is 2.36. The summed E-state index contributed by atoms with van der Waals surface area (Å²) < 4.78 is 13.9. The van der Waals surface area contributed by atoms with Gasteiger partial charge in [-0.3, -0.25) is 4.79 Å². The third kappa shape index (κ3) is 2.95. The van der Waals surface area contributed by atoms with Gasteiger partial charge in [-0.2, -0.15) is 0 Å². The SMILES string of the molecule is CCN(CCCO)C(=O)c1sc2cc(F)ccc2c1Cl. The zero-order valence-electron chi connectivity index (χ0n) is 11.0. The van der Waals surface area contributed by atoms with E-state index in [4.69, 9.17) is 16.7 Å². The largest absolute Gasteiger partial charge is 0.396 e. The summed E-state index contributed by atoms with van der Waals surface area (Å²) in [5, 5.41) is 9.93. The fourth-order valence-corrected chi connectivity index (χ4v) is 3.49. The molecule has 0 fully saturated rings. The first kappa shape index (κ1) is 15.2. The molecule has 0 saturated heterocycles. The van der Waals surface area contributed by atoms with Crippen LogP contribution in [0.15, 0.2) is 18.2 Å². The summed E-state index contributed by atoms with van der Waals surface area (Å²) in [6.07, 6.45) is 0.525. The summed E-state index contributed by atoms with van der Waals surface area (Å²) in [5.41, 5.74) is 0. The third-order valence-electron chi connectivity index (χ3n) is 3.04. The maximum atomic E-state index is 13.2. The number of aliphatic hydroxyl groups is 1. The Labute approximate surface area is 125 Å². The summed E-state index contributed by atoms with van der Waals surface area (Å²) >= 11 is 7.43. The van der Waals surface area contributed by atoms with Crippen LogP contribution in [-0.4, -0.2) is 35.6 Å². The van der Waals surface area contributed by atoms with E-state index in [0.717, 1.165) is 0 Å². The van der Waals surface area contributed by atoms with Gasteiger partial charge < -0.3 is 10.0 Å². The second kappa shape index (κ2) is 6.52. The van der Waals surface area contributed by atoms with Crippen LogP contribution in [-0.2, 0) is 0 Å². The van der Waals surface area contributed by atoms with Crippen LogP contribution in [0.4, 0.5) is 4.39 Å². The van der Waals surface area contributed by atoms with Crippen molar-refractivity contribution >= 4 is 38.9 Å². The van der Waals surface area contributed by atoms with E-state index in [1.54, 1.807) is 11.0 Å². The molecule has 2 rings (SSSR count). The monoisotopic (exact) mass is 315 g/mol. The second-order valence-electron chi connectivity index (χ2n) is 4.35. The van der Waals surface area contributed by atoms with Gasteiger partial charge >= 0.3 is 0 Å². The lowest BCUT2D eigenvalue weighted by Gasteiger charge is -2.19. The van der Waals surface area contributed by atoms with E-state index in [1.807, 2.05) is 6.92 Å². The summed E-state index contributed by atoms with van der Waals surface area (Å²) in [6, 6.07) is 4.30. The van der Waals surface area contributed by atoms with Crippen molar-refractivity contribution in [2.75, 3.05) is 19.7 Å². The Kier molecular flexibility index (Phi) is 4.96. The number of rotatable bonds is 5. The van der Waals surface area contributed by atoms with Crippen molar-refractivity contribution in [3.63, 3.8) is 0 Å². The molecule has 1 aromatic carbocycles. The number of benzene rings is 1. The summed E-state index contributed by atoms with van der Waals surface area (Å²) in [5.74, 6) is -0.519. The number of fused-ring (bicyclic) bond motifs is 1. The average Bonchev–Trinajstić information content (AvgIpc) is 2.76. The Morgan fingerprint density at radius 3 is 2.90 bits per heavy atom. The number of halogens is 2. The minimum absolute atomic E-state index is 0.0368. The summed E-state index contributed by atoms with van der Waals surface area (Å²) in [6.45, 7) is 2.92. The van der Waals surface area contributed by atoms with Crippen LogP contribution in [0, 0.1) is 5.82 Å². The van der Waals surface area contributed by atoms with Crippen LogP contribution in [0.25, 0.3) is 10.1 Å². The van der Waals surface area contributed by atoms with Crippen LogP contribution in [0.1, 0.15) is 23.0 Å². The van der Waals surface area contributed by atoms with Crippen LogP contribution in [0.5, 0.6) is 0 Å². The molecule has 1 aromatic heterocycles. The van der Waals surface area contributed by atoms with Gasteiger partial charge in [0, 0.05) is 29.8 Å². The maximum Gasteiger partial charge on any atom is 0.265 e. The van der Waals surface area contributed by atoms with E-state index >= 15 is 0 Å². The number of carbonyl (C=O) groups excluding carboxylic acids is 1. The van der Waals surface area contributed by atoms with Crippen molar-refractivity contribution in [3.8, 4) is 0 Å². The average molecular weight is 316 g/mol. The van der Waals surface area contributed by atoms with Gasteiger partial charge in [0.15, 0.2) is 0 Å². The fraction of sp³-hybridized carbons (Fsp3) is 0.357.